The molecule has 2 amide bonds. The summed E-state index contributed by atoms with van der Waals surface area (Å²) in [5.41, 5.74) is -0.816. The molecule has 8 nitrogen and oxygen atoms in total. The number of rotatable bonds is 11. The van der Waals surface area contributed by atoms with Crippen LogP contribution in [0.5, 0.6) is 0 Å². The van der Waals surface area contributed by atoms with Crippen molar-refractivity contribution >= 4 is 28.7 Å². The predicted octanol–water partition coefficient (Wildman–Crippen LogP) is 4.44. The van der Waals surface area contributed by atoms with E-state index in [-0.39, 0.29) is 41.6 Å². The highest BCUT2D eigenvalue weighted by molar-refractivity contribution is 6.11. The lowest BCUT2D eigenvalue weighted by molar-refractivity contribution is 0.0810. The van der Waals surface area contributed by atoms with Crippen LogP contribution in [-0.2, 0) is 0 Å². The number of anilines is 1. The number of alkyl halides is 3. The molecular formula is C28H26F4N4O4. The molecule has 12 heteroatoms. The normalized spacial score (nSPS) is 11.4. The van der Waals surface area contributed by atoms with Crippen LogP contribution in [0.1, 0.15) is 20.7 Å². The first-order valence-electron chi connectivity index (χ1n) is 12.2. The quantitative estimate of drug-likeness (QED) is 0.202. The topological polar surface area (TPSA) is 116 Å². The Labute approximate surface area is 226 Å². The van der Waals surface area contributed by atoms with Crippen LogP contribution in [0.3, 0.4) is 0 Å². The predicted molar refractivity (Wildman–Crippen MR) is 142 cm³/mol. The number of amides is 2. The third kappa shape index (κ3) is 5.62. The Morgan fingerprint density at radius 2 is 1.68 bits per heavy atom. The van der Waals surface area contributed by atoms with E-state index in [4.69, 9.17) is 4.42 Å². The molecule has 0 saturated carbocycles. The van der Waals surface area contributed by atoms with Crippen molar-refractivity contribution in [3.63, 3.8) is 0 Å². The number of aromatic nitrogens is 1. The van der Waals surface area contributed by atoms with E-state index in [1.807, 2.05) is 0 Å². The highest BCUT2D eigenvalue weighted by atomic mass is 19.2. The van der Waals surface area contributed by atoms with Gasteiger partial charge in [0.25, 0.3) is 11.8 Å². The first kappa shape index (κ1) is 28.6. The van der Waals surface area contributed by atoms with Crippen molar-refractivity contribution in [2.75, 3.05) is 45.5 Å². The number of hydrogen-bond donors (Lipinski definition) is 4. The molecule has 0 saturated heterocycles. The minimum absolute atomic E-state index is 0.00357. The summed E-state index contributed by atoms with van der Waals surface area (Å²) in [6.45, 7) is -4.42. The number of fused-ring (bicyclic) bond motifs is 1. The Hall–Kier alpha value is -4.45. The van der Waals surface area contributed by atoms with Crippen molar-refractivity contribution in [2.24, 2.45) is 0 Å². The van der Waals surface area contributed by atoms with E-state index in [0.717, 1.165) is 0 Å². The minimum Gasteiger partial charge on any atom is -0.437 e. The SMILES string of the molecule is CNC(=O)c1c(-c2ccc(F)cc2)oc2nc(NCCO)c(-c3cccc(C(=O)NC(CF)(CF)CF)c3)cc12. The smallest absolute Gasteiger partial charge is 0.255 e. The molecule has 210 valence electrons. The number of nitrogens with one attached hydrogen (secondary N) is 3. The zero-order valence-electron chi connectivity index (χ0n) is 21.4. The Bertz CT molecular complexity index is 1510. The zero-order valence-corrected chi connectivity index (χ0v) is 21.4. The van der Waals surface area contributed by atoms with E-state index in [9.17, 15) is 32.3 Å². The van der Waals surface area contributed by atoms with Gasteiger partial charge in [-0.25, -0.2) is 17.6 Å². The summed E-state index contributed by atoms with van der Waals surface area (Å²) in [4.78, 5) is 30.2. The summed E-state index contributed by atoms with van der Waals surface area (Å²) in [7, 11) is 1.44. The number of carbonyl (C=O) groups excluding carboxylic acids is 2. The molecule has 4 rings (SSSR count). The Kier molecular flexibility index (Phi) is 8.68. The molecular weight excluding hydrogens is 532 g/mol. The van der Waals surface area contributed by atoms with Gasteiger partial charge in [0.15, 0.2) is 0 Å². The number of furan rings is 1. The zero-order chi connectivity index (χ0) is 28.9. The van der Waals surface area contributed by atoms with Gasteiger partial charge in [0.2, 0.25) is 5.71 Å². The highest BCUT2D eigenvalue weighted by Crippen LogP contribution is 2.38. The van der Waals surface area contributed by atoms with Gasteiger partial charge in [-0.05, 0) is 48.0 Å². The fourth-order valence-corrected chi connectivity index (χ4v) is 4.06. The van der Waals surface area contributed by atoms with Gasteiger partial charge in [-0.3, -0.25) is 9.59 Å². The average Bonchev–Trinajstić information content (AvgIpc) is 3.36. The number of pyridine rings is 1. The molecule has 4 N–H and O–H groups in total. The molecule has 0 unspecified atom stereocenters. The van der Waals surface area contributed by atoms with Crippen LogP contribution >= 0.6 is 0 Å². The van der Waals surface area contributed by atoms with Crippen molar-refractivity contribution in [2.45, 2.75) is 5.54 Å². The fraction of sp³-hybridized carbons (Fsp3) is 0.250. The molecule has 0 atom stereocenters. The Balaban J connectivity index is 1.87. The first-order valence-corrected chi connectivity index (χ1v) is 12.2. The van der Waals surface area contributed by atoms with E-state index < -0.39 is 43.2 Å². The van der Waals surface area contributed by atoms with Gasteiger partial charge in [0.05, 0.1) is 17.6 Å². The number of benzene rings is 2. The fourth-order valence-electron chi connectivity index (χ4n) is 4.06. The van der Waals surface area contributed by atoms with Crippen LogP contribution in [0.2, 0.25) is 0 Å². The lowest BCUT2D eigenvalue weighted by atomic mass is 9.99. The molecule has 0 bridgehead atoms. The molecule has 2 aromatic heterocycles. The second kappa shape index (κ2) is 12.2. The number of hydrogen-bond acceptors (Lipinski definition) is 6. The molecule has 0 spiro atoms. The standard InChI is InChI=1S/C28H26F4N4O4/c1-33-26(39)22-21-12-20(17-3-2-4-18(11-17)25(38)36-28(13-29,14-30)15-31)24(34-9-10-37)35-27(21)40-23(22)16-5-7-19(32)8-6-16/h2-8,11-12,37H,9-10,13-15H2,1H3,(H,33,39)(H,34,35)(H,36,38). The van der Waals surface area contributed by atoms with Gasteiger partial charge in [0.1, 0.15) is 43.0 Å². The largest absolute Gasteiger partial charge is 0.437 e. The van der Waals surface area contributed by atoms with Crippen molar-refractivity contribution in [1.29, 1.82) is 0 Å². The number of aliphatic hydroxyl groups excluding tert-OH is 1. The van der Waals surface area contributed by atoms with Gasteiger partial charge in [-0.1, -0.05) is 12.1 Å². The molecule has 2 aromatic carbocycles. The second-order valence-electron chi connectivity index (χ2n) is 9.00. The lowest BCUT2D eigenvalue weighted by Gasteiger charge is -2.25. The molecule has 0 radical (unpaired) electrons. The molecule has 2 heterocycles. The third-order valence-electron chi connectivity index (χ3n) is 6.23. The second-order valence-corrected chi connectivity index (χ2v) is 9.00. The maximum atomic E-state index is 13.6. The Morgan fingerprint density at radius 3 is 2.30 bits per heavy atom. The lowest BCUT2D eigenvalue weighted by Crippen LogP contribution is -2.54. The maximum Gasteiger partial charge on any atom is 0.255 e. The monoisotopic (exact) mass is 558 g/mol. The number of halogens is 4. The maximum absolute atomic E-state index is 13.6. The highest BCUT2D eigenvalue weighted by Gasteiger charge is 2.33. The van der Waals surface area contributed by atoms with Gasteiger partial charge < -0.3 is 25.5 Å². The summed E-state index contributed by atoms with van der Waals surface area (Å²) < 4.78 is 59.5. The number of nitrogens with zero attached hydrogens (tertiary/aromatic N) is 1. The summed E-state index contributed by atoms with van der Waals surface area (Å²) in [6.07, 6.45) is 0. The van der Waals surface area contributed by atoms with Crippen molar-refractivity contribution in [3.05, 3.63) is 71.5 Å². The van der Waals surface area contributed by atoms with Gasteiger partial charge in [0, 0.05) is 30.3 Å². The summed E-state index contributed by atoms with van der Waals surface area (Å²) in [5, 5.41) is 17.3. The Morgan fingerprint density at radius 1 is 0.975 bits per heavy atom. The number of carbonyl (C=O) groups is 2. The van der Waals surface area contributed by atoms with Crippen LogP contribution in [-0.4, -0.2) is 67.7 Å². The molecule has 4 aromatic rings. The van der Waals surface area contributed by atoms with Crippen LogP contribution in [0.25, 0.3) is 33.6 Å². The first-order chi connectivity index (χ1) is 19.3. The molecule has 0 aliphatic carbocycles. The minimum atomic E-state index is -2.28. The third-order valence-corrected chi connectivity index (χ3v) is 6.23. The van der Waals surface area contributed by atoms with Gasteiger partial charge in [-0.2, -0.15) is 4.98 Å². The van der Waals surface area contributed by atoms with E-state index >= 15 is 0 Å². The van der Waals surface area contributed by atoms with E-state index in [0.29, 0.717) is 22.1 Å². The van der Waals surface area contributed by atoms with Gasteiger partial charge >= 0.3 is 0 Å². The van der Waals surface area contributed by atoms with E-state index in [2.05, 4.69) is 20.9 Å². The molecule has 0 aliphatic heterocycles. The van der Waals surface area contributed by atoms with Crippen molar-refractivity contribution in [1.82, 2.24) is 15.6 Å². The molecule has 0 aliphatic rings. The summed E-state index contributed by atoms with van der Waals surface area (Å²) in [5.74, 6) is -1.45. The van der Waals surface area contributed by atoms with Crippen molar-refractivity contribution in [3.8, 4) is 22.5 Å². The van der Waals surface area contributed by atoms with E-state index in [1.54, 1.807) is 12.1 Å². The van der Waals surface area contributed by atoms with Crippen LogP contribution in [0.15, 0.2) is 59.0 Å². The number of aliphatic hydroxyl groups is 1. The molecule has 0 fully saturated rings. The van der Waals surface area contributed by atoms with Crippen LogP contribution in [0, 0.1) is 5.82 Å². The van der Waals surface area contributed by atoms with Gasteiger partial charge in [-0.15, -0.1) is 0 Å². The van der Waals surface area contributed by atoms with Crippen LogP contribution < -0.4 is 16.0 Å². The summed E-state index contributed by atoms with van der Waals surface area (Å²) in [6, 6.07) is 12.9. The average molecular weight is 559 g/mol. The molecule has 40 heavy (non-hydrogen) atoms. The van der Waals surface area contributed by atoms with Crippen molar-refractivity contribution < 1.29 is 36.7 Å². The van der Waals surface area contributed by atoms with Crippen LogP contribution in [0.4, 0.5) is 23.4 Å². The summed E-state index contributed by atoms with van der Waals surface area (Å²) >= 11 is 0. The van der Waals surface area contributed by atoms with E-state index in [1.165, 1.54) is 49.5 Å².